The summed E-state index contributed by atoms with van der Waals surface area (Å²) in [5.74, 6) is -0.332. The molecule has 1 N–H and O–H groups in total. The van der Waals surface area contributed by atoms with Gasteiger partial charge in [-0.1, -0.05) is 6.07 Å². The maximum atomic E-state index is 13.4. The van der Waals surface area contributed by atoms with Gasteiger partial charge in [0.1, 0.15) is 5.82 Å². The smallest absolute Gasteiger partial charge is 0.217 e. The molecule has 0 saturated carbocycles. The molecule has 1 aliphatic heterocycles. The zero-order valence-electron chi connectivity index (χ0n) is 15.1. The lowest BCUT2D eigenvalue weighted by Gasteiger charge is -2.26. The highest BCUT2D eigenvalue weighted by molar-refractivity contribution is 5.72. The molecular formula is C19H21FN6O. The minimum Gasteiger partial charge on any atom is -0.351 e. The third-order valence-corrected chi connectivity index (χ3v) is 4.56. The Hall–Kier alpha value is -3.00. The molecule has 3 heterocycles. The molecule has 0 bridgehead atoms. The number of nitrogens with one attached hydrogen (secondary N) is 1. The van der Waals surface area contributed by atoms with Crippen molar-refractivity contribution in [1.82, 2.24) is 29.8 Å². The van der Waals surface area contributed by atoms with E-state index >= 15 is 0 Å². The van der Waals surface area contributed by atoms with Crippen molar-refractivity contribution in [3.63, 3.8) is 0 Å². The summed E-state index contributed by atoms with van der Waals surface area (Å²) in [6.45, 7) is 5.21. The summed E-state index contributed by atoms with van der Waals surface area (Å²) in [6.07, 6.45) is 3.75. The summed E-state index contributed by atoms with van der Waals surface area (Å²) < 4.78 is 17.1. The number of carbonyl (C=O) groups excluding carboxylic acids is 1. The Kier molecular flexibility index (Phi) is 4.72. The largest absolute Gasteiger partial charge is 0.351 e. The number of carbonyl (C=O) groups is 1. The minimum absolute atomic E-state index is 0.0575. The van der Waals surface area contributed by atoms with Crippen LogP contribution < -0.4 is 5.32 Å². The molecule has 0 spiro atoms. The van der Waals surface area contributed by atoms with E-state index in [0.29, 0.717) is 12.2 Å². The molecule has 1 aliphatic rings. The van der Waals surface area contributed by atoms with Crippen molar-refractivity contribution in [2.24, 2.45) is 0 Å². The molecule has 0 aliphatic carbocycles. The standard InChI is InChI=1S/C19H21FN6O/c1-14(27)21-10-17-8-19-13-24(5-6-25(19)23-17)11-15-9-22-26(12-15)18-4-2-3-16(20)7-18/h2-4,7-9,12H,5-6,10-11,13H2,1H3,(H,21,27). The van der Waals surface area contributed by atoms with Gasteiger partial charge in [-0.25, -0.2) is 9.07 Å². The number of benzene rings is 1. The molecule has 0 unspecified atom stereocenters. The normalized spacial score (nSPS) is 14.1. The van der Waals surface area contributed by atoms with Gasteiger partial charge < -0.3 is 5.32 Å². The first-order valence-corrected chi connectivity index (χ1v) is 8.89. The fourth-order valence-electron chi connectivity index (χ4n) is 3.28. The first-order valence-electron chi connectivity index (χ1n) is 8.89. The topological polar surface area (TPSA) is 68.0 Å². The number of hydrogen-bond donors (Lipinski definition) is 1. The fourth-order valence-corrected chi connectivity index (χ4v) is 3.28. The Bertz CT molecular complexity index is 963. The third kappa shape index (κ3) is 4.06. The molecule has 0 radical (unpaired) electrons. The van der Waals surface area contributed by atoms with Crippen molar-refractivity contribution in [3.8, 4) is 5.69 Å². The third-order valence-electron chi connectivity index (χ3n) is 4.56. The van der Waals surface area contributed by atoms with Crippen LogP contribution in [0.2, 0.25) is 0 Å². The van der Waals surface area contributed by atoms with E-state index in [4.69, 9.17) is 0 Å². The van der Waals surface area contributed by atoms with Gasteiger partial charge in [0.05, 0.1) is 36.4 Å². The van der Waals surface area contributed by atoms with Crippen LogP contribution in [0.25, 0.3) is 5.69 Å². The summed E-state index contributed by atoms with van der Waals surface area (Å²) in [6, 6.07) is 8.43. The van der Waals surface area contributed by atoms with Crippen LogP contribution in [0, 0.1) is 5.82 Å². The molecular weight excluding hydrogens is 347 g/mol. The molecule has 7 nitrogen and oxygen atoms in total. The number of hydrogen-bond acceptors (Lipinski definition) is 4. The highest BCUT2D eigenvalue weighted by atomic mass is 19.1. The van der Waals surface area contributed by atoms with E-state index in [0.717, 1.165) is 43.1 Å². The van der Waals surface area contributed by atoms with Crippen LogP contribution >= 0.6 is 0 Å². The minimum atomic E-state index is -0.274. The predicted octanol–water partition coefficient (Wildman–Crippen LogP) is 1.86. The van der Waals surface area contributed by atoms with Gasteiger partial charge in [0.15, 0.2) is 0 Å². The van der Waals surface area contributed by atoms with Crippen LogP contribution in [-0.2, 0) is 31.0 Å². The highest BCUT2D eigenvalue weighted by Gasteiger charge is 2.19. The van der Waals surface area contributed by atoms with Crippen molar-refractivity contribution < 1.29 is 9.18 Å². The highest BCUT2D eigenvalue weighted by Crippen LogP contribution is 2.17. The molecule has 0 fully saturated rings. The van der Waals surface area contributed by atoms with E-state index in [1.54, 1.807) is 10.7 Å². The van der Waals surface area contributed by atoms with Gasteiger partial charge in [-0.15, -0.1) is 0 Å². The quantitative estimate of drug-likeness (QED) is 0.746. The molecule has 3 aromatic rings. The molecule has 4 rings (SSSR count). The summed E-state index contributed by atoms with van der Waals surface area (Å²) in [7, 11) is 0. The van der Waals surface area contributed by atoms with Crippen molar-refractivity contribution in [2.75, 3.05) is 6.54 Å². The molecule has 8 heteroatoms. The molecule has 0 saturated heterocycles. The molecule has 0 atom stereocenters. The molecule has 27 heavy (non-hydrogen) atoms. The second-order valence-corrected chi connectivity index (χ2v) is 6.74. The zero-order chi connectivity index (χ0) is 18.8. The van der Waals surface area contributed by atoms with Gasteiger partial charge in [-0.3, -0.25) is 14.4 Å². The van der Waals surface area contributed by atoms with E-state index in [-0.39, 0.29) is 11.7 Å². The maximum absolute atomic E-state index is 13.4. The van der Waals surface area contributed by atoms with Gasteiger partial charge in [0.2, 0.25) is 5.91 Å². The first kappa shape index (κ1) is 17.4. The number of fused-ring (bicyclic) bond motifs is 1. The van der Waals surface area contributed by atoms with E-state index in [1.165, 1.54) is 19.1 Å². The number of rotatable bonds is 5. The van der Waals surface area contributed by atoms with Crippen molar-refractivity contribution in [1.29, 1.82) is 0 Å². The summed E-state index contributed by atoms with van der Waals surface area (Å²) in [4.78, 5) is 13.4. The van der Waals surface area contributed by atoms with E-state index in [1.807, 2.05) is 29.2 Å². The van der Waals surface area contributed by atoms with Crippen molar-refractivity contribution >= 4 is 5.91 Å². The monoisotopic (exact) mass is 368 g/mol. The number of aromatic nitrogens is 4. The molecule has 140 valence electrons. The Morgan fingerprint density at radius 1 is 1.30 bits per heavy atom. The fraction of sp³-hybridized carbons (Fsp3) is 0.316. The van der Waals surface area contributed by atoms with Crippen LogP contribution in [0.3, 0.4) is 0 Å². The van der Waals surface area contributed by atoms with Gasteiger partial charge in [-0.2, -0.15) is 10.2 Å². The first-order chi connectivity index (χ1) is 13.1. The Labute approximate surface area is 156 Å². The second-order valence-electron chi connectivity index (χ2n) is 6.74. The van der Waals surface area contributed by atoms with Crippen LogP contribution in [0.15, 0.2) is 42.7 Å². The zero-order valence-corrected chi connectivity index (χ0v) is 15.1. The molecule has 1 amide bonds. The Morgan fingerprint density at radius 3 is 3.00 bits per heavy atom. The van der Waals surface area contributed by atoms with Crippen LogP contribution in [-0.4, -0.2) is 36.9 Å². The van der Waals surface area contributed by atoms with Gasteiger partial charge in [0.25, 0.3) is 0 Å². The lowest BCUT2D eigenvalue weighted by molar-refractivity contribution is -0.119. The van der Waals surface area contributed by atoms with Crippen molar-refractivity contribution in [3.05, 3.63) is 65.5 Å². The predicted molar refractivity (Wildman–Crippen MR) is 97.4 cm³/mol. The van der Waals surface area contributed by atoms with Gasteiger partial charge in [-0.05, 0) is 24.3 Å². The van der Waals surface area contributed by atoms with Crippen LogP contribution in [0.1, 0.15) is 23.9 Å². The summed E-state index contributed by atoms with van der Waals surface area (Å²) >= 11 is 0. The maximum Gasteiger partial charge on any atom is 0.217 e. The van der Waals surface area contributed by atoms with E-state index < -0.39 is 0 Å². The molecule has 1 aromatic carbocycles. The van der Waals surface area contributed by atoms with E-state index in [2.05, 4.69) is 20.4 Å². The average Bonchev–Trinajstić information content (AvgIpc) is 3.26. The number of amides is 1. The average molecular weight is 368 g/mol. The van der Waals surface area contributed by atoms with Gasteiger partial charge >= 0.3 is 0 Å². The van der Waals surface area contributed by atoms with Crippen LogP contribution in [0.4, 0.5) is 4.39 Å². The van der Waals surface area contributed by atoms with Crippen LogP contribution in [0.5, 0.6) is 0 Å². The number of halogens is 1. The Balaban J connectivity index is 1.41. The summed E-state index contributed by atoms with van der Waals surface area (Å²) in [5.41, 5.74) is 3.80. The van der Waals surface area contributed by atoms with Crippen molar-refractivity contribution in [2.45, 2.75) is 33.1 Å². The lowest BCUT2D eigenvalue weighted by Crippen LogP contribution is -2.33. The lowest BCUT2D eigenvalue weighted by atomic mass is 10.2. The molecule has 2 aromatic heterocycles. The summed E-state index contributed by atoms with van der Waals surface area (Å²) in [5, 5.41) is 11.7. The van der Waals surface area contributed by atoms with Gasteiger partial charge in [0, 0.05) is 38.3 Å². The number of nitrogens with zero attached hydrogens (tertiary/aromatic N) is 5. The SMILES string of the molecule is CC(=O)NCc1cc2n(n1)CCN(Cc1cnn(-c3cccc(F)c3)c1)C2. The second kappa shape index (κ2) is 7.32. The van der Waals surface area contributed by atoms with E-state index in [9.17, 15) is 9.18 Å². The Morgan fingerprint density at radius 2 is 2.19 bits per heavy atom.